The number of carbonyl (C=O) groups is 1. The number of hydrogen-bond acceptors (Lipinski definition) is 4. The van der Waals surface area contributed by atoms with Gasteiger partial charge in [0.1, 0.15) is 0 Å². The van der Waals surface area contributed by atoms with Gasteiger partial charge < -0.3 is 0 Å². The maximum atomic E-state index is 12.1. The highest BCUT2D eigenvalue weighted by Crippen LogP contribution is 2.17. The second kappa shape index (κ2) is 7.19. The van der Waals surface area contributed by atoms with E-state index in [0.29, 0.717) is 12.6 Å². The highest BCUT2D eigenvalue weighted by atomic mass is 32.2. The van der Waals surface area contributed by atoms with Crippen LogP contribution in [-0.2, 0) is 0 Å². The zero-order valence-corrected chi connectivity index (χ0v) is 12.7. The van der Waals surface area contributed by atoms with E-state index in [1.54, 1.807) is 11.3 Å². The van der Waals surface area contributed by atoms with Crippen molar-refractivity contribution < 1.29 is 4.79 Å². The third kappa shape index (κ3) is 4.45. The first-order chi connectivity index (χ1) is 8.08. The smallest absolute Gasteiger partial charge is 0.186 e. The van der Waals surface area contributed by atoms with E-state index in [1.165, 1.54) is 4.88 Å². The van der Waals surface area contributed by atoms with Crippen molar-refractivity contribution in [1.82, 2.24) is 4.90 Å². The van der Waals surface area contributed by atoms with Gasteiger partial charge in [-0.05, 0) is 38.8 Å². The van der Waals surface area contributed by atoms with Gasteiger partial charge in [-0.1, -0.05) is 6.92 Å². The largest absolute Gasteiger partial charge is 0.295 e. The second-order valence-corrected chi connectivity index (χ2v) is 6.46. The van der Waals surface area contributed by atoms with Gasteiger partial charge in [0.15, 0.2) is 5.78 Å². The van der Waals surface area contributed by atoms with Crippen molar-refractivity contribution in [1.29, 1.82) is 0 Å². The summed E-state index contributed by atoms with van der Waals surface area (Å²) in [4.78, 5) is 16.3. The van der Waals surface area contributed by atoms with Gasteiger partial charge in [0.2, 0.25) is 0 Å². The van der Waals surface area contributed by atoms with Crippen LogP contribution in [0, 0.1) is 6.92 Å². The molecule has 0 spiro atoms. The van der Waals surface area contributed by atoms with Crippen LogP contribution in [0.4, 0.5) is 0 Å². The Hall–Kier alpha value is -0.320. The van der Waals surface area contributed by atoms with E-state index in [4.69, 9.17) is 0 Å². The standard InChI is InChI=1S/C13H21NOS2/c1-5-11(9-16-4)14(3)8-12(15)13-7-6-10(2)17-13/h6-7,11H,5,8-9H2,1-4H3. The van der Waals surface area contributed by atoms with Crippen molar-refractivity contribution in [3.8, 4) is 0 Å². The Kier molecular flexibility index (Phi) is 6.23. The maximum Gasteiger partial charge on any atom is 0.186 e. The lowest BCUT2D eigenvalue weighted by atomic mass is 10.2. The van der Waals surface area contributed by atoms with E-state index in [0.717, 1.165) is 17.1 Å². The highest BCUT2D eigenvalue weighted by molar-refractivity contribution is 7.98. The SMILES string of the molecule is CCC(CSC)N(C)CC(=O)c1ccc(C)s1. The summed E-state index contributed by atoms with van der Waals surface area (Å²) in [6, 6.07) is 4.44. The van der Waals surface area contributed by atoms with Gasteiger partial charge in [-0.15, -0.1) is 11.3 Å². The molecule has 1 aromatic heterocycles. The predicted molar refractivity (Wildman–Crippen MR) is 78.5 cm³/mol. The van der Waals surface area contributed by atoms with Crippen LogP contribution in [0.3, 0.4) is 0 Å². The molecule has 1 unspecified atom stereocenters. The van der Waals surface area contributed by atoms with E-state index in [-0.39, 0.29) is 5.78 Å². The number of ketones is 1. The molecule has 1 rings (SSSR count). The third-order valence-electron chi connectivity index (χ3n) is 2.86. The van der Waals surface area contributed by atoms with E-state index >= 15 is 0 Å². The summed E-state index contributed by atoms with van der Waals surface area (Å²) in [5, 5.41) is 0. The molecule has 2 nitrogen and oxygen atoms in total. The summed E-state index contributed by atoms with van der Waals surface area (Å²) in [7, 11) is 2.04. The molecular weight excluding hydrogens is 250 g/mol. The van der Waals surface area contributed by atoms with Crippen molar-refractivity contribution in [3.63, 3.8) is 0 Å². The van der Waals surface area contributed by atoms with Gasteiger partial charge >= 0.3 is 0 Å². The number of likely N-dealkylation sites (N-methyl/N-ethyl adjacent to an activating group) is 1. The third-order valence-corrected chi connectivity index (χ3v) is 4.62. The van der Waals surface area contributed by atoms with Gasteiger partial charge in [0, 0.05) is 16.7 Å². The summed E-state index contributed by atoms with van der Waals surface area (Å²) >= 11 is 3.43. The van der Waals surface area contributed by atoms with Gasteiger partial charge in [0.25, 0.3) is 0 Å². The fourth-order valence-electron chi connectivity index (χ4n) is 1.77. The van der Waals surface area contributed by atoms with Gasteiger partial charge in [-0.25, -0.2) is 0 Å². The molecule has 0 saturated heterocycles. The maximum absolute atomic E-state index is 12.1. The normalized spacial score (nSPS) is 13.0. The molecule has 0 amide bonds. The van der Waals surface area contributed by atoms with Crippen LogP contribution in [-0.4, -0.2) is 42.3 Å². The summed E-state index contributed by atoms with van der Waals surface area (Å²) < 4.78 is 0. The molecule has 1 atom stereocenters. The molecule has 0 N–H and O–H groups in total. The Morgan fingerprint density at radius 1 is 1.53 bits per heavy atom. The van der Waals surface area contributed by atoms with Crippen molar-refractivity contribution >= 4 is 28.9 Å². The number of Topliss-reactive ketones (excluding diaryl/α,β-unsaturated/α-hetero) is 1. The minimum Gasteiger partial charge on any atom is -0.295 e. The second-order valence-electron chi connectivity index (χ2n) is 4.27. The average Bonchev–Trinajstić information content (AvgIpc) is 2.72. The van der Waals surface area contributed by atoms with E-state index in [2.05, 4.69) is 18.1 Å². The first-order valence-corrected chi connectivity index (χ1v) is 8.08. The molecule has 1 heterocycles. The number of rotatable bonds is 7. The summed E-state index contributed by atoms with van der Waals surface area (Å²) in [5.41, 5.74) is 0. The molecule has 1 aromatic rings. The Bertz CT molecular complexity index is 362. The fourth-order valence-corrected chi connectivity index (χ4v) is 3.44. The zero-order chi connectivity index (χ0) is 12.8. The summed E-state index contributed by atoms with van der Waals surface area (Å²) in [5.74, 6) is 1.33. The quantitative estimate of drug-likeness (QED) is 0.710. The van der Waals surface area contributed by atoms with Crippen LogP contribution in [0.15, 0.2) is 12.1 Å². The van der Waals surface area contributed by atoms with Crippen LogP contribution < -0.4 is 0 Å². The van der Waals surface area contributed by atoms with E-state index in [9.17, 15) is 4.79 Å². The molecule has 0 aliphatic carbocycles. The van der Waals surface area contributed by atoms with E-state index in [1.807, 2.05) is 37.9 Å². The molecule has 4 heteroatoms. The highest BCUT2D eigenvalue weighted by Gasteiger charge is 2.17. The van der Waals surface area contributed by atoms with Gasteiger partial charge in [-0.3, -0.25) is 9.69 Å². The van der Waals surface area contributed by atoms with Crippen LogP contribution in [0.5, 0.6) is 0 Å². The van der Waals surface area contributed by atoms with E-state index < -0.39 is 0 Å². The van der Waals surface area contributed by atoms with Gasteiger partial charge in [-0.2, -0.15) is 11.8 Å². The zero-order valence-electron chi connectivity index (χ0n) is 11.0. The minimum absolute atomic E-state index is 0.241. The molecule has 0 aliphatic rings. The fraction of sp³-hybridized carbons (Fsp3) is 0.615. The van der Waals surface area contributed by atoms with Crippen molar-refractivity contribution in [2.24, 2.45) is 0 Å². The minimum atomic E-state index is 0.241. The number of thioether (sulfide) groups is 1. The molecule has 0 saturated carbocycles. The van der Waals surface area contributed by atoms with Crippen molar-refractivity contribution in [3.05, 3.63) is 21.9 Å². The lowest BCUT2D eigenvalue weighted by Crippen LogP contribution is -2.37. The van der Waals surface area contributed by atoms with Crippen LogP contribution >= 0.6 is 23.1 Å². The molecule has 17 heavy (non-hydrogen) atoms. The lowest BCUT2D eigenvalue weighted by molar-refractivity contribution is 0.0929. The first kappa shape index (κ1) is 14.7. The van der Waals surface area contributed by atoms with Crippen LogP contribution in [0.2, 0.25) is 0 Å². The molecule has 0 aromatic carbocycles. The molecule has 0 aliphatic heterocycles. The lowest BCUT2D eigenvalue weighted by Gasteiger charge is -2.25. The molecule has 0 bridgehead atoms. The molecule has 0 fully saturated rings. The Morgan fingerprint density at radius 3 is 2.71 bits per heavy atom. The number of aryl methyl sites for hydroxylation is 1. The first-order valence-electron chi connectivity index (χ1n) is 5.87. The van der Waals surface area contributed by atoms with Crippen molar-refractivity contribution in [2.75, 3.05) is 25.6 Å². The van der Waals surface area contributed by atoms with Crippen LogP contribution in [0.1, 0.15) is 27.9 Å². The summed E-state index contributed by atoms with van der Waals surface area (Å²) in [6.07, 6.45) is 3.20. The monoisotopic (exact) mass is 271 g/mol. The van der Waals surface area contributed by atoms with Crippen molar-refractivity contribution in [2.45, 2.75) is 26.3 Å². The summed E-state index contributed by atoms with van der Waals surface area (Å²) in [6.45, 7) is 4.74. The van der Waals surface area contributed by atoms with Gasteiger partial charge in [0.05, 0.1) is 11.4 Å². The number of carbonyl (C=O) groups excluding carboxylic acids is 1. The number of thiophene rings is 1. The Balaban J connectivity index is 2.55. The molecular formula is C13H21NOS2. The average molecular weight is 271 g/mol. The Labute approximate surface area is 112 Å². The van der Waals surface area contributed by atoms with Crippen LogP contribution in [0.25, 0.3) is 0 Å². The molecule has 0 radical (unpaired) electrons. The Morgan fingerprint density at radius 2 is 2.24 bits per heavy atom. The number of hydrogen-bond donors (Lipinski definition) is 0. The number of nitrogens with zero attached hydrogens (tertiary/aromatic N) is 1. The topological polar surface area (TPSA) is 20.3 Å². The predicted octanol–water partition coefficient (Wildman–Crippen LogP) is 3.31. The molecule has 96 valence electrons.